The Morgan fingerprint density at radius 3 is 2.74 bits per heavy atom. The van der Waals surface area contributed by atoms with E-state index in [0.717, 1.165) is 25.7 Å². The van der Waals surface area contributed by atoms with Crippen molar-refractivity contribution in [3.8, 4) is 0 Å². The number of amides is 1. The van der Waals surface area contributed by atoms with Crippen molar-refractivity contribution in [3.05, 3.63) is 58.4 Å². The molecule has 0 radical (unpaired) electrons. The summed E-state index contributed by atoms with van der Waals surface area (Å²) in [5, 5.41) is 9.59. The quantitative estimate of drug-likeness (QED) is 0.892. The summed E-state index contributed by atoms with van der Waals surface area (Å²) in [4.78, 5) is 38.1. The van der Waals surface area contributed by atoms with Crippen molar-refractivity contribution in [2.24, 2.45) is 5.92 Å². The molecular weight excluding hydrogens is 348 g/mol. The standard InChI is InChI=1S/C20H22N2O5/c23-18-7-3-4-10-21(18)12-14-8-9-17(27-14)19(24)22-15-6-2-1-5-13(15)11-16(22)20(25)26/h3-4,7-10,13,15-16H,1-2,5-6,11-12H2,(H,25,26)/t13-,15-,16+/m1/s1. The number of aromatic nitrogens is 1. The fourth-order valence-corrected chi connectivity index (χ4v) is 4.44. The second-order valence-corrected chi connectivity index (χ2v) is 7.35. The van der Waals surface area contributed by atoms with E-state index in [9.17, 15) is 19.5 Å². The van der Waals surface area contributed by atoms with Crippen LogP contribution in [0.3, 0.4) is 0 Å². The lowest BCUT2D eigenvalue weighted by molar-refractivity contribution is -0.141. The van der Waals surface area contributed by atoms with Crippen molar-refractivity contribution >= 4 is 11.9 Å². The number of carboxylic acid groups (broad SMARTS) is 1. The lowest BCUT2D eigenvalue weighted by Crippen LogP contribution is -2.46. The van der Waals surface area contributed by atoms with E-state index in [0.29, 0.717) is 12.2 Å². The number of aliphatic carboxylic acids is 1. The predicted molar refractivity (Wildman–Crippen MR) is 96.5 cm³/mol. The van der Waals surface area contributed by atoms with Crippen LogP contribution in [0.1, 0.15) is 48.4 Å². The van der Waals surface area contributed by atoms with Crippen LogP contribution >= 0.6 is 0 Å². The maximum Gasteiger partial charge on any atom is 0.326 e. The highest BCUT2D eigenvalue weighted by atomic mass is 16.4. The molecule has 2 aromatic heterocycles. The molecule has 1 amide bonds. The number of hydrogen-bond acceptors (Lipinski definition) is 4. The van der Waals surface area contributed by atoms with Crippen LogP contribution in [0.2, 0.25) is 0 Å². The molecule has 7 nitrogen and oxygen atoms in total. The van der Waals surface area contributed by atoms with E-state index in [4.69, 9.17) is 4.42 Å². The first-order chi connectivity index (χ1) is 13.0. The smallest absolute Gasteiger partial charge is 0.326 e. The SMILES string of the molecule is O=C(O)[C@@H]1C[C@H]2CCCC[C@H]2N1C(=O)c1ccc(Cn2ccccc2=O)o1. The number of nitrogens with zero attached hydrogens (tertiary/aromatic N) is 2. The minimum atomic E-state index is -0.958. The zero-order chi connectivity index (χ0) is 19.0. The molecule has 7 heteroatoms. The average molecular weight is 370 g/mol. The summed E-state index contributed by atoms with van der Waals surface area (Å²) in [5.41, 5.74) is -0.155. The Balaban J connectivity index is 1.57. The largest absolute Gasteiger partial charge is 0.480 e. The molecule has 0 bridgehead atoms. The van der Waals surface area contributed by atoms with Crippen LogP contribution in [0.5, 0.6) is 0 Å². The van der Waals surface area contributed by atoms with Crippen molar-refractivity contribution in [2.45, 2.75) is 50.7 Å². The van der Waals surface area contributed by atoms with Crippen molar-refractivity contribution in [3.63, 3.8) is 0 Å². The molecule has 0 aromatic carbocycles. The molecule has 1 N–H and O–H groups in total. The van der Waals surface area contributed by atoms with E-state index >= 15 is 0 Å². The molecule has 0 spiro atoms. The van der Waals surface area contributed by atoms with Gasteiger partial charge in [0.2, 0.25) is 0 Å². The van der Waals surface area contributed by atoms with Crippen LogP contribution in [0.15, 0.2) is 45.7 Å². The summed E-state index contributed by atoms with van der Waals surface area (Å²) < 4.78 is 7.17. The van der Waals surface area contributed by atoms with Gasteiger partial charge in [-0.3, -0.25) is 9.59 Å². The molecular formula is C20H22N2O5. The highest BCUT2D eigenvalue weighted by Crippen LogP contribution is 2.40. The molecule has 27 heavy (non-hydrogen) atoms. The number of rotatable bonds is 4. The van der Waals surface area contributed by atoms with Crippen molar-refractivity contribution < 1.29 is 19.1 Å². The van der Waals surface area contributed by atoms with E-state index in [-0.39, 0.29) is 35.7 Å². The normalized spacial score (nSPS) is 24.6. The summed E-state index contributed by atoms with van der Waals surface area (Å²) in [7, 11) is 0. The van der Waals surface area contributed by atoms with Gasteiger partial charge in [0, 0.05) is 18.3 Å². The van der Waals surface area contributed by atoms with E-state index in [1.807, 2.05) is 0 Å². The third kappa shape index (κ3) is 3.29. The number of hydrogen-bond donors (Lipinski definition) is 1. The molecule has 2 aromatic rings. The number of likely N-dealkylation sites (tertiary alicyclic amines) is 1. The summed E-state index contributed by atoms with van der Waals surface area (Å²) in [5.74, 6) is -0.464. The Hall–Kier alpha value is -2.83. The van der Waals surface area contributed by atoms with Crippen molar-refractivity contribution in [1.29, 1.82) is 0 Å². The fourth-order valence-electron chi connectivity index (χ4n) is 4.44. The summed E-state index contributed by atoms with van der Waals surface area (Å²) >= 11 is 0. The van der Waals surface area contributed by atoms with Gasteiger partial charge < -0.3 is 19.0 Å². The second kappa shape index (κ2) is 7.06. The molecule has 3 atom stereocenters. The maximum absolute atomic E-state index is 13.0. The highest BCUT2D eigenvalue weighted by Gasteiger charge is 2.48. The highest BCUT2D eigenvalue weighted by molar-refractivity contribution is 5.95. The van der Waals surface area contributed by atoms with Crippen LogP contribution in [0.4, 0.5) is 0 Å². The van der Waals surface area contributed by atoms with Gasteiger partial charge in [0.25, 0.3) is 11.5 Å². The van der Waals surface area contributed by atoms with Crippen molar-refractivity contribution in [1.82, 2.24) is 9.47 Å². The Kier molecular flexibility index (Phi) is 4.59. The number of fused-ring (bicyclic) bond motifs is 1. The Bertz CT molecular complexity index is 915. The zero-order valence-electron chi connectivity index (χ0n) is 14.9. The van der Waals surface area contributed by atoms with Gasteiger partial charge in [0.05, 0.1) is 6.54 Å². The predicted octanol–water partition coefficient (Wildman–Crippen LogP) is 2.35. The average Bonchev–Trinajstić information content (AvgIpc) is 3.28. The monoisotopic (exact) mass is 370 g/mol. The topological polar surface area (TPSA) is 92.8 Å². The molecule has 2 fully saturated rings. The maximum atomic E-state index is 13.0. The van der Waals surface area contributed by atoms with Gasteiger partial charge in [-0.2, -0.15) is 0 Å². The Morgan fingerprint density at radius 1 is 1.15 bits per heavy atom. The van der Waals surface area contributed by atoms with Crippen LogP contribution < -0.4 is 5.56 Å². The summed E-state index contributed by atoms with van der Waals surface area (Å²) in [6.07, 6.45) is 6.08. The Morgan fingerprint density at radius 2 is 1.96 bits per heavy atom. The third-order valence-corrected chi connectivity index (χ3v) is 5.71. The fraction of sp³-hybridized carbons (Fsp3) is 0.450. The van der Waals surface area contributed by atoms with Gasteiger partial charge in [0.15, 0.2) is 5.76 Å². The van der Waals surface area contributed by atoms with Gasteiger partial charge >= 0.3 is 5.97 Å². The Labute approximate surface area is 156 Å². The van der Waals surface area contributed by atoms with Crippen LogP contribution in [0, 0.1) is 5.92 Å². The summed E-state index contributed by atoms with van der Waals surface area (Å²) in [6, 6.07) is 7.28. The molecule has 3 heterocycles. The lowest BCUT2D eigenvalue weighted by atomic mass is 9.84. The molecule has 1 saturated carbocycles. The molecule has 0 unspecified atom stereocenters. The molecule has 142 valence electrons. The van der Waals surface area contributed by atoms with Gasteiger partial charge in [-0.05, 0) is 43.4 Å². The number of carboxylic acids is 1. The second-order valence-electron chi connectivity index (χ2n) is 7.35. The number of furan rings is 1. The van der Waals surface area contributed by atoms with E-state index < -0.39 is 12.0 Å². The molecule has 1 aliphatic heterocycles. The number of carbonyl (C=O) groups is 2. The molecule has 4 rings (SSSR count). The third-order valence-electron chi connectivity index (χ3n) is 5.71. The van der Waals surface area contributed by atoms with Crippen LogP contribution in [-0.2, 0) is 11.3 Å². The van der Waals surface area contributed by atoms with E-state index in [1.165, 1.54) is 15.5 Å². The summed E-state index contributed by atoms with van der Waals surface area (Å²) in [6.45, 7) is 0.224. The lowest BCUT2D eigenvalue weighted by Gasteiger charge is -2.32. The molecule has 1 aliphatic carbocycles. The van der Waals surface area contributed by atoms with E-state index in [1.54, 1.807) is 30.5 Å². The van der Waals surface area contributed by atoms with Crippen LogP contribution in [0.25, 0.3) is 0 Å². The number of carbonyl (C=O) groups excluding carboxylic acids is 1. The van der Waals surface area contributed by atoms with Crippen LogP contribution in [-0.4, -0.2) is 38.5 Å². The van der Waals surface area contributed by atoms with Gasteiger partial charge in [-0.15, -0.1) is 0 Å². The minimum Gasteiger partial charge on any atom is -0.480 e. The van der Waals surface area contributed by atoms with Gasteiger partial charge in [-0.25, -0.2) is 4.79 Å². The van der Waals surface area contributed by atoms with Gasteiger partial charge in [-0.1, -0.05) is 18.9 Å². The van der Waals surface area contributed by atoms with Gasteiger partial charge in [0.1, 0.15) is 11.8 Å². The first-order valence-corrected chi connectivity index (χ1v) is 9.34. The number of pyridine rings is 1. The molecule has 2 aliphatic rings. The van der Waals surface area contributed by atoms with Crippen molar-refractivity contribution in [2.75, 3.05) is 0 Å². The van der Waals surface area contributed by atoms with E-state index in [2.05, 4.69) is 0 Å². The minimum absolute atomic E-state index is 0.0300. The first kappa shape index (κ1) is 17.6. The molecule has 1 saturated heterocycles. The zero-order valence-corrected chi connectivity index (χ0v) is 14.9. The first-order valence-electron chi connectivity index (χ1n) is 9.34.